The van der Waals surface area contributed by atoms with Crippen molar-refractivity contribution < 1.29 is 18.8 Å². The summed E-state index contributed by atoms with van der Waals surface area (Å²) in [4.78, 5) is 34.7. The summed E-state index contributed by atoms with van der Waals surface area (Å²) in [5.74, 6) is 0. The highest BCUT2D eigenvalue weighted by atomic mass is 79.9. The van der Waals surface area contributed by atoms with Crippen molar-refractivity contribution in [3.8, 4) is 11.3 Å². The molecule has 0 spiro atoms. The lowest BCUT2D eigenvalue weighted by Gasteiger charge is -2.32. The zero-order valence-corrected chi connectivity index (χ0v) is 44.2. The van der Waals surface area contributed by atoms with E-state index in [1.807, 2.05) is 73.7 Å². The minimum absolute atomic E-state index is 0.00496. The number of aromatic nitrogens is 8. The van der Waals surface area contributed by atoms with Crippen LogP contribution in [0.3, 0.4) is 0 Å². The Kier molecular flexibility index (Phi) is 15.3. The highest BCUT2D eigenvalue weighted by Gasteiger charge is 2.51. The predicted octanol–water partition coefficient (Wildman–Crippen LogP) is 9.18. The molecule has 0 atom stereocenters. The van der Waals surface area contributed by atoms with E-state index in [1.54, 1.807) is 21.5 Å². The van der Waals surface area contributed by atoms with E-state index < -0.39 is 0 Å². The van der Waals surface area contributed by atoms with Crippen molar-refractivity contribution >= 4 is 50.3 Å². The fraction of sp³-hybridized carbons (Fsp3) is 0.393. The average Bonchev–Trinajstić information content (AvgIpc) is 4.06. The van der Waals surface area contributed by atoms with Crippen LogP contribution >= 0.6 is 15.9 Å². The Hall–Kier alpha value is -6.04. The molecule has 3 saturated heterocycles. The predicted molar refractivity (Wildman–Crippen MR) is 287 cm³/mol. The monoisotopic (exact) mass is 1030 g/mol. The van der Waals surface area contributed by atoms with Crippen molar-refractivity contribution in [2.24, 2.45) is 14.1 Å². The zero-order chi connectivity index (χ0) is 50.7. The third-order valence-corrected chi connectivity index (χ3v) is 15.0. The molecule has 14 nitrogen and oxygen atoms in total. The van der Waals surface area contributed by atoms with Crippen molar-refractivity contribution in [3.05, 3.63) is 169 Å². The normalized spacial score (nSPS) is 16.9. The Morgan fingerprint density at radius 1 is 0.611 bits per heavy atom. The van der Waals surface area contributed by atoms with E-state index in [9.17, 15) is 9.59 Å². The van der Waals surface area contributed by atoms with E-state index in [4.69, 9.17) is 18.8 Å². The fourth-order valence-corrected chi connectivity index (χ4v) is 9.90. The molecule has 374 valence electrons. The first-order valence-electron chi connectivity index (χ1n) is 24.9. The molecule has 11 rings (SSSR count). The summed E-state index contributed by atoms with van der Waals surface area (Å²) in [7, 11) is 3.30. The molecule has 6 aromatic heterocycles. The third kappa shape index (κ3) is 11.1. The maximum absolute atomic E-state index is 13.0. The lowest BCUT2D eigenvalue weighted by atomic mass is 9.78. The Bertz CT molecular complexity index is 3260. The van der Waals surface area contributed by atoms with Crippen LogP contribution in [0.4, 0.5) is 0 Å². The quantitative estimate of drug-likeness (QED) is 0.107. The van der Waals surface area contributed by atoms with Crippen LogP contribution in [0.5, 0.6) is 0 Å². The molecule has 9 heterocycles. The number of nitrogens with zero attached hydrogens (tertiary/aromatic N) is 8. The summed E-state index contributed by atoms with van der Waals surface area (Å²) in [6, 6.07) is 33.4. The van der Waals surface area contributed by atoms with Crippen LogP contribution in [0.25, 0.3) is 33.1 Å². The van der Waals surface area contributed by atoms with Crippen LogP contribution in [-0.4, -0.2) is 83.4 Å². The topological polar surface area (TPSA) is 142 Å². The first-order chi connectivity index (χ1) is 34.5. The lowest BCUT2D eigenvalue weighted by molar-refractivity contribution is 0.00578. The molecule has 0 radical (unpaired) electrons. The maximum Gasteiger partial charge on any atom is 0.494 e. The van der Waals surface area contributed by atoms with Gasteiger partial charge in [0.05, 0.1) is 63.2 Å². The summed E-state index contributed by atoms with van der Waals surface area (Å²) in [6.45, 7) is 15.2. The number of hydrogen-bond donors (Lipinski definition) is 0. The van der Waals surface area contributed by atoms with Gasteiger partial charge in [-0.25, -0.2) is 4.98 Å². The number of pyridine rings is 4. The van der Waals surface area contributed by atoms with Gasteiger partial charge in [-0.1, -0.05) is 60.7 Å². The second kappa shape index (κ2) is 21.6. The molecular formula is C56H64BBrN8O6. The molecule has 8 aromatic rings. The van der Waals surface area contributed by atoms with E-state index in [2.05, 4.69) is 124 Å². The van der Waals surface area contributed by atoms with Crippen molar-refractivity contribution in [1.82, 2.24) is 38.7 Å². The number of ether oxygens (including phenoxy) is 2. The lowest BCUT2D eigenvalue weighted by Crippen LogP contribution is -2.41. The first-order valence-corrected chi connectivity index (χ1v) is 25.7. The van der Waals surface area contributed by atoms with Gasteiger partial charge in [-0.05, 0) is 136 Å². The number of hydrogen-bond acceptors (Lipinski definition) is 10. The second-order valence-electron chi connectivity index (χ2n) is 20.1. The van der Waals surface area contributed by atoms with Gasteiger partial charge >= 0.3 is 7.12 Å². The molecule has 16 heteroatoms. The van der Waals surface area contributed by atoms with Crippen molar-refractivity contribution in [3.63, 3.8) is 0 Å². The van der Waals surface area contributed by atoms with Crippen LogP contribution in [0.1, 0.15) is 99.4 Å². The number of rotatable bonds is 8. The number of halogens is 1. The Morgan fingerprint density at radius 3 is 1.49 bits per heavy atom. The molecule has 0 N–H and O–H groups in total. The molecule has 0 amide bonds. The van der Waals surface area contributed by atoms with Gasteiger partial charge in [0.1, 0.15) is 4.60 Å². The summed E-state index contributed by atoms with van der Waals surface area (Å²) < 4.78 is 31.7. The molecule has 3 aliphatic heterocycles. The zero-order valence-electron chi connectivity index (χ0n) is 42.6. The van der Waals surface area contributed by atoms with E-state index in [0.29, 0.717) is 23.6 Å². The molecular weight excluding hydrogens is 971 g/mol. The van der Waals surface area contributed by atoms with Gasteiger partial charge in [-0.15, -0.1) is 0 Å². The van der Waals surface area contributed by atoms with E-state index in [-0.39, 0.29) is 41.5 Å². The summed E-state index contributed by atoms with van der Waals surface area (Å²) in [6.07, 6.45) is 8.44. The summed E-state index contributed by atoms with van der Waals surface area (Å²) in [5.41, 5.74) is 10.4. The number of fused-ring (bicyclic) bond motifs is 2. The van der Waals surface area contributed by atoms with Gasteiger partial charge in [-0.3, -0.25) is 23.9 Å². The molecule has 0 bridgehead atoms. The highest BCUT2D eigenvalue weighted by molar-refractivity contribution is 9.10. The Morgan fingerprint density at radius 2 is 1.06 bits per heavy atom. The van der Waals surface area contributed by atoms with Crippen LogP contribution in [-0.2, 0) is 45.7 Å². The third-order valence-electron chi connectivity index (χ3n) is 14.5. The molecule has 3 aliphatic rings. The Balaban J connectivity index is 0.000000154. The van der Waals surface area contributed by atoms with E-state index >= 15 is 0 Å². The molecule has 0 unspecified atom stereocenters. The number of benzene rings is 2. The van der Waals surface area contributed by atoms with Crippen LogP contribution in [0, 0.1) is 13.8 Å². The van der Waals surface area contributed by atoms with Gasteiger partial charge < -0.3 is 27.9 Å². The molecule has 3 fully saturated rings. The molecule has 72 heavy (non-hydrogen) atoms. The minimum atomic E-state index is -0.376. The van der Waals surface area contributed by atoms with Gasteiger partial charge in [0, 0.05) is 81.7 Å². The molecule has 0 saturated carbocycles. The minimum Gasteiger partial charge on any atom is -0.399 e. The van der Waals surface area contributed by atoms with Gasteiger partial charge in [0.15, 0.2) is 0 Å². The van der Waals surface area contributed by atoms with Crippen molar-refractivity contribution in [2.75, 3.05) is 26.4 Å². The van der Waals surface area contributed by atoms with Gasteiger partial charge in [0.25, 0.3) is 11.1 Å². The van der Waals surface area contributed by atoms with Gasteiger partial charge in [-0.2, -0.15) is 10.2 Å². The fourth-order valence-electron chi connectivity index (χ4n) is 9.47. The van der Waals surface area contributed by atoms with Crippen LogP contribution in [0.2, 0.25) is 0 Å². The summed E-state index contributed by atoms with van der Waals surface area (Å²) in [5, 5.41) is 10.5. The SMILES string of the molecule is Cc1cccc(-c2ccc(Cc3cc4c(cnn4C4CCOCC4)c(=O)n3C)cc2)n1.Cc1cccc(Br)n1.Cn1c(Cc2ccc(B3OC(C)(C)C(C)(C)O3)cc2)cc2c(cnn2C2CCOCC2)c1=O. The van der Waals surface area contributed by atoms with Crippen LogP contribution in [0.15, 0.2) is 124 Å². The molecule has 0 aliphatic carbocycles. The standard InChI is InChI=1S/C25H32BN3O4.C25H26N4O2.C6H6BrN/c1-24(2)25(3,4)33-26(32-24)18-8-6-17(7-9-18)14-20-15-22-21(23(30)28(20)5)16-27-29(22)19-10-12-31-13-11-19;1-17-4-3-5-23(27-17)19-8-6-18(7-9-19)14-21-15-24-22(25(30)28(21)2)16-26-29(24)20-10-12-31-13-11-20;1-5-3-2-4-6(7)8-5/h6-9,15-16,19H,10-14H2,1-5H3;3-9,15-16,20H,10-14H2,1-2H3;2-4H,1H3. The van der Waals surface area contributed by atoms with E-state index in [1.165, 1.54) is 0 Å². The molecule has 2 aromatic carbocycles. The maximum atomic E-state index is 13.0. The smallest absolute Gasteiger partial charge is 0.399 e. The summed E-state index contributed by atoms with van der Waals surface area (Å²) >= 11 is 3.25. The second-order valence-corrected chi connectivity index (χ2v) is 20.9. The number of aryl methyl sites for hydroxylation is 2. The average molecular weight is 1040 g/mol. The van der Waals surface area contributed by atoms with Crippen LogP contribution < -0.4 is 16.6 Å². The highest BCUT2D eigenvalue weighted by Crippen LogP contribution is 2.36. The first kappa shape index (κ1) is 50.9. The largest absolute Gasteiger partial charge is 0.494 e. The van der Waals surface area contributed by atoms with Crippen molar-refractivity contribution in [1.29, 1.82) is 0 Å². The van der Waals surface area contributed by atoms with Crippen molar-refractivity contribution in [2.45, 2.75) is 103 Å². The Labute approximate surface area is 429 Å². The van der Waals surface area contributed by atoms with E-state index in [0.717, 1.165) is 118 Å². The van der Waals surface area contributed by atoms with Gasteiger partial charge in [0.2, 0.25) is 0 Å².